The van der Waals surface area contributed by atoms with E-state index in [0.717, 1.165) is 12.8 Å². The summed E-state index contributed by atoms with van der Waals surface area (Å²) in [7, 11) is 0. The summed E-state index contributed by atoms with van der Waals surface area (Å²) in [5, 5.41) is 0. The van der Waals surface area contributed by atoms with Crippen molar-refractivity contribution in [1.29, 1.82) is 0 Å². The van der Waals surface area contributed by atoms with Crippen LogP contribution in [0.1, 0.15) is 55.3 Å². The van der Waals surface area contributed by atoms with Crippen LogP contribution in [0, 0.1) is 0 Å². The van der Waals surface area contributed by atoms with Crippen molar-refractivity contribution in [3.05, 3.63) is 71.3 Å². The van der Waals surface area contributed by atoms with Crippen LogP contribution in [0.15, 0.2) is 54.6 Å². The number of benzene rings is 2. The number of nitrogens with two attached hydrogens (primary N) is 1. The summed E-state index contributed by atoms with van der Waals surface area (Å²) in [4.78, 5) is 0. The molecule has 20 heavy (non-hydrogen) atoms. The van der Waals surface area contributed by atoms with Gasteiger partial charge in [0.2, 0.25) is 0 Å². The Morgan fingerprint density at radius 1 is 0.900 bits per heavy atom. The Morgan fingerprint density at radius 3 is 2.25 bits per heavy atom. The third kappa shape index (κ3) is 3.49. The molecule has 0 amide bonds. The van der Waals surface area contributed by atoms with Crippen molar-refractivity contribution in [2.75, 3.05) is 0 Å². The number of hydrogen-bond acceptors (Lipinski definition) is 1. The van der Waals surface area contributed by atoms with Crippen molar-refractivity contribution >= 4 is 0 Å². The second kappa shape index (κ2) is 7.25. The normalized spacial score (nSPS) is 13.9. The van der Waals surface area contributed by atoms with Gasteiger partial charge in [-0.25, -0.2) is 0 Å². The van der Waals surface area contributed by atoms with E-state index in [1.807, 2.05) is 0 Å². The Bertz CT molecular complexity index is 518. The molecule has 0 spiro atoms. The van der Waals surface area contributed by atoms with Gasteiger partial charge in [-0.1, -0.05) is 74.9 Å². The third-order valence-electron chi connectivity index (χ3n) is 3.98. The molecule has 0 aromatic heterocycles. The number of hydrogen-bond donors (Lipinski definition) is 1. The molecule has 2 atom stereocenters. The molecule has 0 aliphatic carbocycles. The van der Waals surface area contributed by atoms with Crippen LogP contribution in [0.2, 0.25) is 0 Å². The predicted octanol–water partition coefficient (Wildman–Crippen LogP) is 4.83. The monoisotopic (exact) mass is 267 g/mol. The first kappa shape index (κ1) is 14.8. The van der Waals surface area contributed by atoms with Crippen molar-refractivity contribution in [1.82, 2.24) is 0 Å². The molecule has 0 aliphatic rings. The molecule has 2 unspecified atom stereocenters. The Hall–Kier alpha value is -1.60. The predicted molar refractivity (Wildman–Crippen MR) is 86.8 cm³/mol. The van der Waals surface area contributed by atoms with Gasteiger partial charge in [-0.05, 0) is 29.5 Å². The molecule has 1 nitrogen and oxygen atoms in total. The van der Waals surface area contributed by atoms with Gasteiger partial charge in [0.1, 0.15) is 0 Å². The van der Waals surface area contributed by atoms with E-state index < -0.39 is 0 Å². The fourth-order valence-electron chi connectivity index (χ4n) is 2.87. The summed E-state index contributed by atoms with van der Waals surface area (Å²) in [6.07, 6.45) is 3.36. The summed E-state index contributed by atoms with van der Waals surface area (Å²) in [6.45, 7) is 4.43. The van der Waals surface area contributed by atoms with Crippen LogP contribution < -0.4 is 5.73 Å². The summed E-state index contributed by atoms with van der Waals surface area (Å²) < 4.78 is 0. The van der Waals surface area contributed by atoms with Gasteiger partial charge in [-0.15, -0.1) is 0 Å². The average Bonchev–Trinajstić information content (AvgIpc) is 2.50. The van der Waals surface area contributed by atoms with E-state index in [2.05, 4.69) is 68.4 Å². The maximum Gasteiger partial charge on any atom is 0.0364 e. The van der Waals surface area contributed by atoms with Gasteiger partial charge in [0.05, 0.1) is 0 Å². The maximum atomic E-state index is 6.55. The lowest BCUT2D eigenvalue weighted by molar-refractivity contribution is 0.539. The minimum absolute atomic E-state index is 0.0687. The van der Waals surface area contributed by atoms with Gasteiger partial charge in [0.25, 0.3) is 0 Å². The minimum atomic E-state index is 0.0687. The molecule has 2 aromatic carbocycles. The quantitative estimate of drug-likeness (QED) is 0.796. The van der Waals surface area contributed by atoms with Gasteiger partial charge < -0.3 is 5.73 Å². The van der Waals surface area contributed by atoms with Crippen molar-refractivity contribution in [3.8, 4) is 0 Å². The van der Waals surface area contributed by atoms with Crippen LogP contribution in [0.5, 0.6) is 0 Å². The molecule has 0 bridgehead atoms. The Balaban J connectivity index is 2.24. The second-order valence-corrected chi connectivity index (χ2v) is 5.45. The van der Waals surface area contributed by atoms with Gasteiger partial charge in [-0.2, -0.15) is 0 Å². The topological polar surface area (TPSA) is 26.0 Å². The summed E-state index contributed by atoms with van der Waals surface area (Å²) in [5.74, 6) is 0.382. The summed E-state index contributed by atoms with van der Waals surface area (Å²) >= 11 is 0. The zero-order chi connectivity index (χ0) is 14.4. The maximum absolute atomic E-state index is 6.55. The first-order valence-corrected chi connectivity index (χ1v) is 7.65. The van der Waals surface area contributed by atoms with Crippen LogP contribution in [-0.2, 0) is 6.42 Å². The minimum Gasteiger partial charge on any atom is -0.323 e. The molecule has 0 heterocycles. The highest BCUT2D eigenvalue weighted by molar-refractivity contribution is 5.30. The standard InChI is InChI=1S/C19H25N/c1-3-9-15-10-8-13-17(14-15)19(20)18(4-2)16-11-6-5-7-12-16/h5-8,10-14,18-19H,3-4,9,20H2,1-2H3. The smallest absolute Gasteiger partial charge is 0.0364 e. The molecule has 0 aliphatic heterocycles. The summed E-state index contributed by atoms with van der Waals surface area (Å²) in [5.41, 5.74) is 10.5. The van der Waals surface area contributed by atoms with Crippen molar-refractivity contribution in [2.45, 2.75) is 45.1 Å². The first-order chi connectivity index (χ1) is 9.76. The van der Waals surface area contributed by atoms with Gasteiger partial charge in [0.15, 0.2) is 0 Å². The molecule has 2 N–H and O–H groups in total. The highest BCUT2D eigenvalue weighted by atomic mass is 14.7. The lowest BCUT2D eigenvalue weighted by Gasteiger charge is -2.24. The van der Waals surface area contributed by atoms with Crippen molar-refractivity contribution in [2.24, 2.45) is 5.73 Å². The lowest BCUT2D eigenvalue weighted by Crippen LogP contribution is -2.19. The SMILES string of the molecule is CCCc1cccc(C(N)C(CC)c2ccccc2)c1. The molecule has 0 saturated heterocycles. The van der Waals surface area contributed by atoms with Crippen LogP contribution in [0.25, 0.3) is 0 Å². The highest BCUT2D eigenvalue weighted by Gasteiger charge is 2.19. The molecular weight excluding hydrogens is 242 g/mol. The molecule has 106 valence electrons. The zero-order valence-corrected chi connectivity index (χ0v) is 12.5. The van der Waals surface area contributed by atoms with Gasteiger partial charge >= 0.3 is 0 Å². The zero-order valence-electron chi connectivity index (χ0n) is 12.5. The van der Waals surface area contributed by atoms with E-state index in [1.165, 1.54) is 23.1 Å². The van der Waals surface area contributed by atoms with E-state index in [0.29, 0.717) is 5.92 Å². The molecule has 2 rings (SSSR count). The molecule has 1 heteroatoms. The average molecular weight is 267 g/mol. The van der Waals surface area contributed by atoms with E-state index in [9.17, 15) is 0 Å². The van der Waals surface area contributed by atoms with Gasteiger partial charge in [-0.3, -0.25) is 0 Å². The number of aryl methyl sites for hydroxylation is 1. The Morgan fingerprint density at radius 2 is 1.60 bits per heavy atom. The molecule has 0 radical (unpaired) electrons. The van der Waals surface area contributed by atoms with E-state index in [1.54, 1.807) is 0 Å². The van der Waals surface area contributed by atoms with E-state index in [4.69, 9.17) is 5.73 Å². The first-order valence-electron chi connectivity index (χ1n) is 7.65. The number of rotatable bonds is 6. The lowest BCUT2D eigenvalue weighted by atomic mass is 9.85. The second-order valence-electron chi connectivity index (χ2n) is 5.45. The molecular formula is C19H25N. The Kier molecular flexibility index (Phi) is 5.37. The van der Waals surface area contributed by atoms with Crippen LogP contribution in [0.3, 0.4) is 0 Å². The summed E-state index contributed by atoms with van der Waals surface area (Å²) in [6, 6.07) is 19.5. The van der Waals surface area contributed by atoms with Crippen LogP contribution in [-0.4, -0.2) is 0 Å². The van der Waals surface area contributed by atoms with Crippen LogP contribution >= 0.6 is 0 Å². The molecule has 0 saturated carbocycles. The molecule has 2 aromatic rings. The van der Waals surface area contributed by atoms with Gasteiger partial charge in [0, 0.05) is 12.0 Å². The van der Waals surface area contributed by atoms with Crippen molar-refractivity contribution in [3.63, 3.8) is 0 Å². The van der Waals surface area contributed by atoms with E-state index in [-0.39, 0.29) is 6.04 Å². The fraction of sp³-hybridized carbons (Fsp3) is 0.368. The van der Waals surface area contributed by atoms with Crippen molar-refractivity contribution < 1.29 is 0 Å². The Labute approximate surface area is 122 Å². The fourth-order valence-corrected chi connectivity index (χ4v) is 2.87. The largest absolute Gasteiger partial charge is 0.323 e. The highest BCUT2D eigenvalue weighted by Crippen LogP contribution is 2.32. The van der Waals surface area contributed by atoms with Crippen LogP contribution in [0.4, 0.5) is 0 Å². The van der Waals surface area contributed by atoms with E-state index >= 15 is 0 Å². The molecule has 0 fully saturated rings. The third-order valence-corrected chi connectivity index (χ3v) is 3.98.